The minimum atomic E-state index is -3.50. The molecule has 0 spiro atoms. The summed E-state index contributed by atoms with van der Waals surface area (Å²) in [5, 5.41) is 3.98. The maximum Gasteiger partial charge on any atom is 0.243 e. The van der Waals surface area contributed by atoms with Gasteiger partial charge in [0.15, 0.2) is 5.82 Å². The smallest absolute Gasteiger partial charge is 0.243 e. The molecular weight excluding hydrogens is 380 g/mol. The molecule has 2 aromatic rings. The molecule has 9 heteroatoms. The monoisotopic (exact) mass is 404 g/mol. The van der Waals surface area contributed by atoms with Crippen molar-refractivity contribution in [2.75, 3.05) is 26.7 Å². The molecule has 1 aliphatic heterocycles. The molecule has 1 aromatic heterocycles. The highest BCUT2D eigenvalue weighted by Gasteiger charge is 2.40. The maximum absolute atomic E-state index is 12.7. The van der Waals surface area contributed by atoms with E-state index in [0.717, 1.165) is 18.4 Å². The molecule has 0 unspecified atom stereocenters. The van der Waals surface area contributed by atoms with Crippen LogP contribution < -0.4 is 0 Å². The highest BCUT2D eigenvalue weighted by atomic mass is 32.2. The molecule has 2 fully saturated rings. The van der Waals surface area contributed by atoms with E-state index in [1.807, 2.05) is 6.07 Å². The molecule has 1 saturated carbocycles. The number of nitrogens with zero attached hydrogens (tertiary/aromatic N) is 4. The molecule has 0 atom stereocenters. The van der Waals surface area contributed by atoms with E-state index in [9.17, 15) is 13.2 Å². The Bertz CT molecular complexity index is 977. The Morgan fingerprint density at radius 1 is 1.29 bits per heavy atom. The molecule has 0 N–H and O–H groups in total. The van der Waals surface area contributed by atoms with Gasteiger partial charge in [-0.3, -0.25) is 4.79 Å². The SMILES string of the molecule is Cc1ccccc1S(=O)(=O)N1CC(c2nc(CCN(C)C(=O)C3CC3)no2)C1. The maximum atomic E-state index is 12.7. The number of amides is 1. The van der Waals surface area contributed by atoms with Gasteiger partial charge < -0.3 is 9.42 Å². The normalized spacial score (nSPS) is 18.1. The van der Waals surface area contributed by atoms with Crippen molar-refractivity contribution < 1.29 is 17.7 Å². The average Bonchev–Trinajstić information content (AvgIpc) is 3.37. The van der Waals surface area contributed by atoms with Gasteiger partial charge in [-0.2, -0.15) is 9.29 Å². The van der Waals surface area contributed by atoms with Gasteiger partial charge in [0.25, 0.3) is 0 Å². The zero-order chi connectivity index (χ0) is 19.9. The van der Waals surface area contributed by atoms with E-state index in [1.54, 1.807) is 37.1 Å². The predicted octanol–water partition coefficient (Wildman–Crippen LogP) is 1.58. The van der Waals surface area contributed by atoms with Crippen LogP contribution >= 0.6 is 0 Å². The summed E-state index contributed by atoms with van der Waals surface area (Å²) < 4.78 is 32.2. The highest BCUT2D eigenvalue weighted by molar-refractivity contribution is 7.89. The van der Waals surface area contributed by atoms with Crippen LogP contribution in [-0.2, 0) is 21.2 Å². The lowest BCUT2D eigenvalue weighted by molar-refractivity contribution is -0.131. The molecule has 1 aromatic carbocycles. The van der Waals surface area contributed by atoms with Crippen LogP contribution in [0.2, 0.25) is 0 Å². The van der Waals surface area contributed by atoms with Gasteiger partial charge >= 0.3 is 0 Å². The van der Waals surface area contributed by atoms with Gasteiger partial charge in [0.2, 0.25) is 21.8 Å². The third-order valence-corrected chi connectivity index (χ3v) is 7.36. The summed E-state index contributed by atoms with van der Waals surface area (Å²) in [5.74, 6) is 1.29. The van der Waals surface area contributed by atoms with Crippen molar-refractivity contribution in [1.82, 2.24) is 19.3 Å². The summed E-state index contributed by atoms with van der Waals surface area (Å²) in [6.45, 7) is 3.00. The van der Waals surface area contributed by atoms with Gasteiger partial charge in [0, 0.05) is 39.0 Å². The quantitative estimate of drug-likeness (QED) is 0.695. The average molecular weight is 404 g/mol. The van der Waals surface area contributed by atoms with Crippen molar-refractivity contribution in [2.24, 2.45) is 5.92 Å². The molecule has 4 rings (SSSR count). The lowest BCUT2D eigenvalue weighted by Crippen LogP contribution is -2.48. The summed E-state index contributed by atoms with van der Waals surface area (Å²) >= 11 is 0. The third kappa shape index (κ3) is 3.68. The van der Waals surface area contributed by atoms with Crippen LogP contribution in [0.25, 0.3) is 0 Å². The number of hydrogen-bond acceptors (Lipinski definition) is 6. The molecule has 0 radical (unpaired) electrons. The summed E-state index contributed by atoms with van der Waals surface area (Å²) in [6, 6.07) is 6.97. The van der Waals surface area contributed by atoms with E-state index >= 15 is 0 Å². The van der Waals surface area contributed by atoms with Gasteiger partial charge in [-0.1, -0.05) is 23.4 Å². The number of aryl methyl sites for hydroxylation is 1. The van der Waals surface area contributed by atoms with E-state index in [2.05, 4.69) is 10.1 Å². The fourth-order valence-electron chi connectivity index (χ4n) is 3.33. The Hall–Kier alpha value is -2.26. The highest BCUT2D eigenvalue weighted by Crippen LogP contribution is 2.32. The fraction of sp³-hybridized carbons (Fsp3) is 0.526. The van der Waals surface area contributed by atoms with Crippen LogP contribution in [0.15, 0.2) is 33.7 Å². The van der Waals surface area contributed by atoms with Crippen molar-refractivity contribution in [2.45, 2.75) is 37.0 Å². The van der Waals surface area contributed by atoms with Crippen LogP contribution in [0.3, 0.4) is 0 Å². The molecular formula is C19H24N4O4S. The Morgan fingerprint density at radius 2 is 2.00 bits per heavy atom. The van der Waals surface area contributed by atoms with Gasteiger partial charge in [-0.05, 0) is 31.4 Å². The topological polar surface area (TPSA) is 96.6 Å². The van der Waals surface area contributed by atoms with Crippen LogP contribution in [0.1, 0.15) is 36.0 Å². The fourth-order valence-corrected chi connectivity index (χ4v) is 5.09. The second kappa shape index (κ2) is 7.29. The van der Waals surface area contributed by atoms with Crippen LogP contribution in [0, 0.1) is 12.8 Å². The first-order chi connectivity index (χ1) is 13.4. The minimum Gasteiger partial charge on any atom is -0.345 e. The molecule has 150 valence electrons. The first-order valence-corrected chi connectivity index (χ1v) is 10.9. The van der Waals surface area contributed by atoms with E-state index < -0.39 is 10.0 Å². The second-order valence-electron chi connectivity index (χ2n) is 7.62. The number of likely N-dealkylation sites (N-methyl/N-ethyl adjacent to an activating group) is 1. The predicted molar refractivity (Wildman–Crippen MR) is 101 cm³/mol. The van der Waals surface area contributed by atoms with Crippen molar-refractivity contribution in [3.63, 3.8) is 0 Å². The molecule has 2 aliphatic rings. The van der Waals surface area contributed by atoms with Crippen molar-refractivity contribution in [1.29, 1.82) is 0 Å². The van der Waals surface area contributed by atoms with Crippen molar-refractivity contribution in [3.05, 3.63) is 41.5 Å². The molecule has 28 heavy (non-hydrogen) atoms. The summed E-state index contributed by atoms with van der Waals surface area (Å²) in [5.41, 5.74) is 0.732. The van der Waals surface area contributed by atoms with E-state index in [1.165, 1.54) is 4.31 Å². The number of carbonyl (C=O) groups is 1. The number of carbonyl (C=O) groups excluding carboxylic acids is 1. The van der Waals surface area contributed by atoms with Crippen molar-refractivity contribution >= 4 is 15.9 Å². The molecule has 1 saturated heterocycles. The summed E-state index contributed by atoms with van der Waals surface area (Å²) in [7, 11) is -1.71. The largest absolute Gasteiger partial charge is 0.345 e. The van der Waals surface area contributed by atoms with Gasteiger partial charge in [0.05, 0.1) is 10.8 Å². The molecule has 0 bridgehead atoms. The Morgan fingerprint density at radius 3 is 2.68 bits per heavy atom. The van der Waals surface area contributed by atoms with E-state index in [4.69, 9.17) is 4.52 Å². The van der Waals surface area contributed by atoms with Gasteiger partial charge in [-0.15, -0.1) is 0 Å². The molecule has 2 heterocycles. The van der Waals surface area contributed by atoms with Crippen molar-refractivity contribution in [3.8, 4) is 0 Å². The lowest BCUT2D eigenvalue weighted by Gasteiger charge is -2.36. The molecule has 1 aliphatic carbocycles. The van der Waals surface area contributed by atoms with E-state index in [0.29, 0.717) is 42.7 Å². The zero-order valence-corrected chi connectivity index (χ0v) is 16.9. The Kier molecular flexibility index (Phi) is 4.96. The first-order valence-electron chi connectivity index (χ1n) is 9.49. The van der Waals surface area contributed by atoms with Crippen LogP contribution in [-0.4, -0.2) is 60.4 Å². The lowest BCUT2D eigenvalue weighted by atomic mass is 10.0. The number of sulfonamides is 1. The first kappa shape index (κ1) is 19.1. The summed E-state index contributed by atoms with van der Waals surface area (Å²) in [6.07, 6.45) is 2.49. The number of aromatic nitrogens is 2. The third-order valence-electron chi connectivity index (χ3n) is 5.37. The van der Waals surface area contributed by atoms with Gasteiger partial charge in [-0.25, -0.2) is 8.42 Å². The van der Waals surface area contributed by atoms with Gasteiger partial charge in [0.1, 0.15) is 0 Å². The molecule has 1 amide bonds. The minimum absolute atomic E-state index is 0.0918. The Labute approximate surface area is 164 Å². The standard InChI is InChI=1S/C19H24N4O4S/c1-13-5-3-4-6-16(13)28(25,26)23-11-15(12-23)18-20-17(21-27-18)9-10-22(2)19(24)14-7-8-14/h3-6,14-15H,7-12H2,1-2H3. The zero-order valence-electron chi connectivity index (χ0n) is 16.0. The van der Waals surface area contributed by atoms with E-state index in [-0.39, 0.29) is 17.7 Å². The van der Waals surface area contributed by atoms with Crippen LogP contribution in [0.4, 0.5) is 0 Å². The second-order valence-corrected chi connectivity index (χ2v) is 9.52. The molecule has 8 nitrogen and oxygen atoms in total. The Balaban J connectivity index is 1.33. The number of hydrogen-bond donors (Lipinski definition) is 0. The summed E-state index contributed by atoms with van der Waals surface area (Å²) in [4.78, 5) is 18.4. The number of rotatable bonds is 7. The van der Waals surface area contributed by atoms with Crippen LogP contribution in [0.5, 0.6) is 0 Å². The number of benzene rings is 1.